The minimum atomic E-state index is 0.543. The summed E-state index contributed by atoms with van der Waals surface area (Å²) in [6.45, 7) is 4.65. The molecule has 0 aromatic carbocycles. The van der Waals surface area contributed by atoms with Crippen molar-refractivity contribution in [3.8, 4) is 0 Å². The second-order valence-corrected chi connectivity index (χ2v) is 6.18. The van der Waals surface area contributed by atoms with Crippen LogP contribution >= 0.6 is 0 Å². The molecule has 19 heavy (non-hydrogen) atoms. The average molecular weight is 256 g/mol. The second-order valence-electron chi connectivity index (χ2n) is 6.18. The van der Waals surface area contributed by atoms with Gasteiger partial charge in [-0.1, -0.05) is 26.7 Å². The number of rotatable bonds is 4. The molecule has 0 amide bonds. The van der Waals surface area contributed by atoms with Crippen molar-refractivity contribution in [3.63, 3.8) is 0 Å². The summed E-state index contributed by atoms with van der Waals surface area (Å²) >= 11 is 0. The maximum Gasteiger partial charge on any atom is 0.0490 e. The SMILES string of the molecule is CCCC1(CCC)CCc2[nH]c3ccncc3c2C1. The Morgan fingerprint density at radius 3 is 2.79 bits per heavy atom. The van der Waals surface area contributed by atoms with Crippen molar-refractivity contribution in [3.05, 3.63) is 29.7 Å². The van der Waals surface area contributed by atoms with Crippen LogP contribution < -0.4 is 0 Å². The molecule has 0 bridgehead atoms. The van der Waals surface area contributed by atoms with E-state index in [-0.39, 0.29) is 0 Å². The molecular weight excluding hydrogens is 232 g/mol. The van der Waals surface area contributed by atoms with Gasteiger partial charge >= 0.3 is 0 Å². The minimum Gasteiger partial charge on any atom is -0.358 e. The van der Waals surface area contributed by atoms with Crippen LogP contribution in [-0.4, -0.2) is 9.97 Å². The molecular formula is C17H24N2. The van der Waals surface area contributed by atoms with Gasteiger partial charge in [0.05, 0.1) is 0 Å². The molecule has 102 valence electrons. The lowest BCUT2D eigenvalue weighted by Crippen LogP contribution is -2.28. The van der Waals surface area contributed by atoms with Crippen molar-refractivity contribution in [2.75, 3.05) is 0 Å². The molecule has 3 rings (SSSR count). The van der Waals surface area contributed by atoms with Gasteiger partial charge in [-0.15, -0.1) is 0 Å². The van der Waals surface area contributed by atoms with Crippen LogP contribution in [0.1, 0.15) is 57.2 Å². The van der Waals surface area contributed by atoms with Crippen LogP contribution in [0.2, 0.25) is 0 Å². The summed E-state index contributed by atoms with van der Waals surface area (Å²) in [5.41, 5.74) is 4.83. The number of pyridine rings is 1. The van der Waals surface area contributed by atoms with Gasteiger partial charge < -0.3 is 4.98 Å². The van der Waals surface area contributed by atoms with E-state index in [0.717, 1.165) is 0 Å². The first kappa shape index (κ1) is 12.7. The number of aromatic amines is 1. The third kappa shape index (κ3) is 2.18. The van der Waals surface area contributed by atoms with E-state index in [1.54, 1.807) is 5.56 Å². The third-order valence-corrected chi connectivity index (χ3v) is 4.81. The number of aromatic nitrogens is 2. The number of fused-ring (bicyclic) bond motifs is 3. The lowest BCUT2D eigenvalue weighted by Gasteiger charge is -2.37. The summed E-state index contributed by atoms with van der Waals surface area (Å²) in [4.78, 5) is 7.91. The van der Waals surface area contributed by atoms with Crippen molar-refractivity contribution in [1.29, 1.82) is 0 Å². The van der Waals surface area contributed by atoms with Gasteiger partial charge in [-0.25, -0.2) is 0 Å². The third-order valence-electron chi connectivity index (χ3n) is 4.81. The second kappa shape index (κ2) is 4.99. The van der Waals surface area contributed by atoms with Gasteiger partial charge in [-0.05, 0) is 49.1 Å². The van der Waals surface area contributed by atoms with Crippen LogP contribution in [0.15, 0.2) is 18.5 Å². The van der Waals surface area contributed by atoms with Gasteiger partial charge in [0.1, 0.15) is 0 Å². The summed E-state index contributed by atoms with van der Waals surface area (Å²) in [5, 5.41) is 1.36. The molecule has 2 aromatic heterocycles. The fourth-order valence-corrected chi connectivity index (χ4v) is 4.03. The topological polar surface area (TPSA) is 28.7 Å². The first-order valence-corrected chi connectivity index (χ1v) is 7.71. The number of nitrogens with one attached hydrogen (secondary N) is 1. The molecule has 1 N–H and O–H groups in total. The zero-order valence-corrected chi connectivity index (χ0v) is 12.1. The quantitative estimate of drug-likeness (QED) is 0.848. The van der Waals surface area contributed by atoms with E-state index in [0.29, 0.717) is 5.41 Å². The van der Waals surface area contributed by atoms with Crippen LogP contribution in [0.5, 0.6) is 0 Å². The van der Waals surface area contributed by atoms with Gasteiger partial charge in [0.15, 0.2) is 0 Å². The van der Waals surface area contributed by atoms with Gasteiger partial charge in [0.25, 0.3) is 0 Å². The van der Waals surface area contributed by atoms with E-state index in [1.807, 2.05) is 12.4 Å². The van der Waals surface area contributed by atoms with E-state index in [4.69, 9.17) is 0 Å². The lowest BCUT2D eigenvalue weighted by molar-refractivity contribution is 0.200. The van der Waals surface area contributed by atoms with E-state index in [1.165, 1.54) is 61.5 Å². The zero-order chi connectivity index (χ0) is 13.3. The molecule has 0 aliphatic heterocycles. The highest BCUT2D eigenvalue weighted by Gasteiger charge is 2.34. The van der Waals surface area contributed by atoms with Crippen molar-refractivity contribution in [2.24, 2.45) is 5.41 Å². The zero-order valence-electron chi connectivity index (χ0n) is 12.1. The predicted octanol–water partition coefficient (Wildman–Crippen LogP) is 4.64. The lowest BCUT2D eigenvalue weighted by atomic mass is 9.68. The summed E-state index contributed by atoms with van der Waals surface area (Å²) in [6.07, 6.45) is 13.1. The maximum absolute atomic E-state index is 4.31. The molecule has 0 fully saturated rings. The molecule has 2 aromatic rings. The highest BCUT2D eigenvalue weighted by Crippen LogP contribution is 2.44. The summed E-state index contributed by atoms with van der Waals surface area (Å²) in [7, 11) is 0. The van der Waals surface area contributed by atoms with Crippen LogP contribution in [-0.2, 0) is 12.8 Å². The molecule has 0 spiro atoms. The number of H-pyrrole nitrogens is 1. The Kier molecular flexibility index (Phi) is 3.34. The van der Waals surface area contributed by atoms with Crippen molar-refractivity contribution in [2.45, 2.75) is 58.8 Å². The fraction of sp³-hybridized carbons (Fsp3) is 0.588. The Bertz CT molecular complexity index is 562. The van der Waals surface area contributed by atoms with Crippen LogP contribution in [0.4, 0.5) is 0 Å². The summed E-state index contributed by atoms with van der Waals surface area (Å²) in [5.74, 6) is 0. The van der Waals surface area contributed by atoms with Crippen molar-refractivity contribution < 1.29 is 0 Å². The average Bonchev–Trinajstić information content (AvgIpc) is 2.77. The first-order valence-electron chi connectivity index (χ1n) is 7.71. The first-order chi connectivity index (χ1) is 9.28. The van der Waals surface area contributed by atoms with E-state index in [9.17, 15) is 0 Å². The van der Waals surface area contributed by atoms with Crippen LogP contribution in [0, 0.1) is 5.41 Å². The number of hydrogen-bond donors (Lipinski definition) is 1. The Hall–Kier alpha value is -1.31. The normalized spacial score (nSPS) is 17.6. The molecule has 1 aliphatic carbocycles. The summed E-state index contributed by atoms with van der Waals surface area (Å²) < 4.78 is 0. The van der Waals surface area contributed by atoms with Gasteiger partial charge in [0, 0.05) is 29.0 Å². The fourth-order valence-electron chi connectivity index (χ4n) is 4.03. The van der Waals surface area contributed by atoms with Crippen LogP contribution in [0.3, 0.4) is 0 Å². The summed E-state index contributed by atoms with van der Waals surface area (Å²) in [6, 6.07) is 2.11. The molecule has 0 radical (unpaired) electrons. The molecule has 0 atom stereocenters. The van der Waals surface area contributed by atoms with Crippen LogP contribution in [0.25, 0.3) is 10.9 Å². The van der Waals surface area contributed by atoms with Gasteiger partial charge in [0.2, 0.25) is 0 Å². The molecule has 0 unspecified atom stereocenters. The monoisotopic (exact) mass is 256 g/mol. The molecule has 2 nitrogen and oxygen atoms in total. The highest BCUT2D eigenvalue weighted by atomic mass is 14.8. The number of hydrogen-bond acceptors (Lipinski definition) is 1. The smallest absolute Gasteiger partial charge is 0.0490 e. The van der Waals surface area contributed by atoms with Gasteiger partial charge in [-0.2, -0.15) is 0 Å². The Balaban J connectivity index is 2.01. The number of aryl methyl sites for hydroxylation is 1. The van der Waals surface area contributed by atoms with Crippen molar-refractivity contribution in [1.82, 2.24) is 9.97 Å². The predicted molar refractivity (Wildman–Crippen MR) is 80.4 cm³/mol. The minimum absolute atomic E-state index is 0.543. The van der Waals surface area contributed by atoms with E-state index in [2.05, 4.69) is 29.9 Å². The Labute approximate surface area is 115 Å². The van der Waals surface area contributed by atoms with E-state index < -0.39 is 0 Å². The Morgan fingerprint density at radius 2 is 2.05 bits per heavy atom. The molecule has 2 heteroatoms. The van der Waals surface area contributed by atoms with Gasteiger partial charge in [-0.3, -0.25) is 4.98 Å². The maximum atomic E-state index is 4.31. The van der Waals surface area contributed by atoms with E-state index >= 15 is 0 Å². The van der Waals surface area contributed by atoms with Crippen molar-refractivity contribution >= 4 is 10.9 Å². The highest BCUT2D eigenvalue weighted by molar-refractivity contribution is 5.84. The standard InChI is InChI=1S/C17H24N2/c1-3-7-17(8-4-2)9-5-15-13(11-17)14-12-18-10-6-16(14)19-15/h6,10,12,19H,3-5,7-9,11H2,1-2H3. The largest absolute Gasteiger partial charge is 0.358 e. The molecule has 0 saturated carbocycles. The number of nitrogens with zero attached hydrogens (tertiary/aromatic N) is 1. The molecule has 1 aliphatic rings. The Morgan fingerprint density at radius 1 is 1.26 bits per heavy atom. The molecule has 0 saturated heterocycles. The molecule has 2 heterocycles.